The van der Waals surface area contributed by atoms with Crippen molar-refractivity contribution in [3.8, 4) is 17.2 Å². The molecule has 0 bridgehead atoms. The molecule has 2 N–H and O–H groups in total. The van der Waals surface area contributed by atoms with Crippen molar-refractivity contribution < 1.29 is 38.1 Å². The van der Waals surface area contributed by atoms with Gasteiger partial charge >= 0.3 is 0 Å². The van der Waals surface area contributed by atoms with Crippen LogP contribution < -0.4 is 19.7 Å². The largest absolute Gasteiger partial charge is 0.508 e. The molecule has 4 aliphatic rings. The summed E-state index contributed by atoms with van der Waals surface area (Å²) in [7, 11) is 2.83. The summed E-state index contributed by atoms with van der Waals surface area (Å²) in [4.78, 5) is 55.1. The Morgan fingerprint density at radius 3 is 2.35 bits per heavy atom. The number of phenolic OH excluding ortho intramolecular Hbond substituents is 1. The van der Waals surface area contributed by atoms with Gasteiger partial charge in [0.2, 0.25) is 23.6 Å². The van der Waals surface area contributed by atoms with Crippen molar-refractivity contribution >= 4 is 40.9 Å². The quantitative estimate of drug-likeness (QED) is 0.426. The van der Waals surface area contributed by atoms with E-state index in [4.69, 9.17) is 21.1 Å². The van der Waals surface area contributed by atoms with Crippen LogP contribution in [-0.2, 0) is 19.2 Å². The van der Waals surface area contributed by atoms with Crippen molar-refractivity contribution in [2.75, 3.05) is 19.1 Å². The summed E-state index contributed by atoms with van der Waals surface area (Å²) < 4.78 is 25.3. The number of allylic oxidation sites excluding steroid dienone is 2. The molecule has 0 radical (unpaired) electrons. The molecule has 2 aromatic carbocycles. The Balaban J connectivity index is 1.60. The van der Waals surface area contributed by atoms with Gasteiger partial charge in [0, 0.05) is 23.6 Å². The third kappa shape index (κ3) is 3.44. The number of rotatable bonds is 4. The number of fused-ring (bicyclic) bond motifs is 4. The van der Waals surface area contributed by atoms with Crippen LogP contribution in [0.5, 0.6) is 17.2 Å². The number of amides is 4. The maximum Gasteiger partial charge on any atom is 0.241 e. The fourth-order valence-corrected chi connectivity index (χ4v) is 7.49. The van der Waals surface area contributed by atoms with Crippen LogP contribution in [-0.4, -0.2) is 43.0 Å². The summed E-state index contributed by atoms with van der Waals surface area (Å²) in [6.45, 7) is 1.70. The molecular weight excluding hydrogens is 543 g/mol. The monoisotopic (exact) mass is 568 g/mol. The molecule has 2 aliphatic heterocycles. The second-order valence-electron chi connectivity index (χ2n) is 10.9. The van der Waals surface area contributed by atoms with Gasteiger partial charge in [-0.05, 0) is 43.9 Å². The molecule has 3 fully saturated rings. The Morgan fingerprint density at radius 1 is 1.05 bits per heavy atom. The number of anilines is 1. The molecule has 6 atom stereocenters. The summed E-state index contributed by atoms with van der Waals surface area (Å²) in [6, 6.07) is 6.44. The highest BCUT2D eigenvalue weighted by molar-refractivity contribution is 6.31. The predicted octanol–water partition coefficient (Wildman–Crippen LogP) is 3.72. The number of methoxy groups -OCH3 is 2. The average Bonchev–Trinajstić information content (AvgIpc) is 3.32. The molecule has 0 aromatic heterocycles. The molecule has 2 saturated heterocycles. The van der Waals surface area contributed by atoms with Crippen LogP contribution in [0.25, 0.3) is 0 Å². The SMILES string of the molecule is COc1cc(O)cc(OC)c1C1C2=CCC3C(=O)NC(=O)C3C2CC2C(=O)N(c3ccc(F)c(Cl)c3)C(=O)C21C. The molecule has 0 spiro atoms. The van der Waals surface area contributed by atoms with Crippen molar-refractivity contribution in [1.82, 2.24) is 5.32 Å². The summed E-state index contributed by atoms with van der Waals surface area (Å²) in [5, 5.41) is 12.5. The zero-order valence-corrected chi connectivity index (χ0v) is 22.6. The molecule has 2 aliphatic carbocycles. The first-order chi connectivity index (χ1) is 19.0. The molecule has 2 heterocycles. The molecule has 4 amide bonds. The molecule has 2 aromatic rings. The zero-order valence-electron chi connectivity index (χ0n) is 21.9. The number of nitrogens with one attached hydrogen (secondary N) is 1. The molecule has 11 heteroatoms. The van der Waals surface area contributed by atoms with E-state index in [1.54, 1.807) is 6.92 Å². The Bertz CT molecular complexity index is 1520. The Hall–Kier alpha value is -3.92. The molecule has 208 valence electrons. The van der Waals surface area contributed by atoms with Crippen molar-refractivity contribution in [2.45, 2.75) is 25.7 Å². The number of hydrogen-bond acceptors (Lipinski definition) is 7. The lowest BCUT2D eigenvalue weighted by Gasteiger charge is -2.49. The molecule has 6 unspecified atom stereocenters. The van der Waals surface area contributed by atoms with Gasteiger partial charge in [0.05, 0.1) is 48.1 Å². The number of nitrogens with zero attached hydrogens (tertiary/aromatic N) is 1. The first kappa shape index (κ1) is 26.3. The first-order valence-corrected chi connectivity index (χ1v) is 13.2. The van der Waals surface area contributed by atoms with E-state index >= 15 is 0 Å². The predicted molar refractivity (Wildman–Crippen MR) is 140 cm³/mol. The van der Waals surface area contributed by atoms with Crippen LogP contribution in [0.2, 0.25) is 5.02 Å². The minimum atomic E-state index is -1.39. The fraction of sp³-hybridized carbons (Fsp3) is 0.379. The van der Waals surface area contributed by atoms with E-state index < -0.39 is 58.5 Å². The lowest BCUT2D eigenvalue weighted by Crippen LogP contribution is -2.49. The number of ether oxygens (including phenoxy) is 2. The highest BCUT2D eigenvalue weighted by Crippen LogP contribution is 2.65. The van der Waals surface area contributed by atoms with Gasteiger partial charge in [-0.1, -0.05) is 23.3 Å². The summed E-state index contributed by atoms with van der Waals surface area (Å²) in [5.41, 5.74) is -0.0881. The number of halogens is 2. The smallest absolute Gasteiger partial charge is 0.241 e. The maximum absolute atomic E-state index is 14.4. The highest BCUT2D eigenvalue weighted by Gasteiger charge is 2.67. The van der Waals surface area contributed by atoms with E-state index in [0.717, 1.165) is 16.5 Å². The fourth-order valence-electron chi connectivity index (χ4n) is 7.31. The minimum Gasteiger partial charge on any atom is -0.508 e. The van der Waals surface area contributed by atoms with E-state index in [0.29, 0.717) is 5.56 Å². The number of carbonyl (C=O) groups excluding carboxylic acids is 4. The van der Waals surface area contributed by atoms with Gasteiger partial charge in [0.15, 0.2) is 0 Å². The Kier molecular flexibility index (Phi) is 5.96. The van der Waals surface area contributed by atoms with Crippen LogP contribution in [0.3, 0.4) is 0 Å². The topological polar surface area (TPSA) is 122 Å². The van der Waals surface area contributed by atoms with E-state index in [1.807, 2.05) is 6.08 Å². The van der Waals surface area contributed by atoms with Gasteiger partial charge in [-0.15, -0.1) is 0 Å². The number of aromatic hydroxyl groups is 1. The maximum atomic E-state index is 14.4. The molecule has 6 rings (SSSR count). The van der Waals surface area contributed by atoms with Crippen LogP contribution in [0.1, 0.15) is 31.2 Å². The van der Waals surface area contributed by atoms with Gasteiger partial charge in [-0.2, -0.15) is 0 Å². The van der Waals surface area contributed by atoms with Crippen molar-refractivity contribution in [3.05, 3.63) is 58.4 Å². The number of carbonyl (C=O) groups is 4. The number of imide groups is 2. The average molecular weight is 569 g/mol. The number of phenols is 1. The van der Waals surface area contributed by atoms with E-state index in [1.165, 1.54) is 38.5 Å². The van der Waals surface area contributed by atoms with Crippen molar-refractivity contribution in [2.24, 2.45) is 29.1 Å². The third-order valence-electron chi connectivity index (χ3n) is 9.10. The molecular formula is C29H26ClFN2O7. The summed E-state index contributed by atoms with van der Waals surface area (Å²) >= 11 is 6.02. The standard InChI is InChI=1S/C29H26ClFN2O7/c1-29-17(27(37)33(28(29)38)12-4-7-19(31)18(30)8-12)11-16-14(5-6-15-22(16)26(36)32-25(15)35)24(29)23-20(39-2)9-13(34)10-21(23)40-3/h4-5,7-10,15-17,22,24,34H,6,11H2,1-3H3,(H,32,35,36). The molecule has 9 nitrogen and oxygen atoms in total. The minimum absolute atomic E-state index is 0.124. The van der Waals surface area contributed by atoms with Gasteiger partial charge in [-0.25, -0.2) is 9.29 Å². The Labute approximate surface area is 233 Å². The van der Waals surface area contributed by atoms with Crippen molar-refractivity contribution in [1.29, 1.82) is 0 Å². The van der Waals surface area contributed by atoms with Gasteiger partial charge in [0.1, 0.15) is 23.1 Å². The second kappa shape index (κ2) is 9.05. The molecule has 40 heavy (non-hydrogen) atoms. The lowest BCUT2D eigenvalue weighted by atomic mass is 9.51. The molecule has 1 saturated carbocycles. The first-order valence-electron chi connectivity index (χ1n) is 12.9. The lowest BCUT2D eigenvalue weighted by molar-refractivity contribution is -0.131. The van der Waals surface area contributed by atoms with Crippen LogP contribution in [0.4, 0.5) is 10.1 Å². The second-order valence-corrected chi connectivity index (χ2v) is 11.3. The van der Waals surface area contributed by atoms with Crippen molar-refractivity contribution in [3.63, 3.8) is 0 Å². The summed E-state index contributed by atoms with van der Waals surface area (Å²) in [5.74, 6) is -5.66. The zero-order chi connectivity index (χ0) is 28.7. The summed E-state index contributed by atoms with van der Waals surface area (Å²) in [6.07, 6.45) is 2.32. The van der Waals surface area contributed by atoms with Gasteiger partial charge < -0.3 is 14.6 Å². The van der Waals surface area contributed by atoms with Crippen LogP contribution >= 0.6 is 11.6 Å². The van der Waals surface area contributed by atoms with Gasteiger partial charge in [-0.3, -0.25) is 24.5 Å². The van der Waals surface area contributed by atoms with E-state index in [2.05, 4.69) is 5.32 Å². The number of benzene rings is 2. The third-order valence-corrected chi connectivity index (χ3v) is 9.39. The van der Waals surface area contributed by atoms with Gasteiger partial charge in [0.25, 0.3) is 0 Å². The normalized spacial score (nSPS) is 30.9. The van der Waals surface area contributed by atoms with E-state index in [9.17, 15) is 28.7 Å². The van der Waals surface area contributed by atoms with Crippen LogP contribution in [0.15, 0.2) is 42.0 Å². The highest BCUT2D eigenvalue weighted by atomic mass is 35.5. The van der Waals surface area contributed by atoms with Crippen LogP contribution in [0, 0.1) is 34.9 Å². The number of hydrogen-bond donors (Lipinski definition) is 2. The Morgan fingerprint density at radius 2 is 1.73 bits per heavy atom. The van der Waals surface area contributed by atoms with E-state index in [-0.39, 0.29) is 46.7 Å².